The van der Waals surface area contributed by atoms with Crippen LogP contribution >= 0.6 is 11.6 Å². The molecule has 0 radical (unpaired) electrons. The molecular formula is C24H24ClNO6. The third-order valence-electron chi connectivity index (χ3n) is 4.50. The van der Waals surface area contributed by atoms with E-state index in [1.54, 1.807) is 57.2 Å². The molecule has 3 rings (SSSR count). The highest BCUT2D eigenvalue weighted by molar-refractivity contribution is 6.33. The van der Waals surface area contributed by atoms with Crippen LogP contribution in [-0.2, 0) is 16.0 Å². The smallest absolute Gasteiger partial charge is 0.408 e. The average Bonchev–Trinajstić information content (AvgIpc) is 2.71. The van der Waals surface area contributed by atoms with E-state index in [2.05, 4.69) is 5.32 Å². The first kappa shape index (κ1) is 23.3. The van der Waals surface area contributed by atoms with E-state index in [1.807, 2.05) is 6.92 Å². The maximum absolute atomic E-state index is 13.0. The fraction of sp³-hybridized carbons (Fsp3) is 0.292. The first-order chi connectivity index (χ1) is 15.1. The number of esters is 1. The predicted molar refractivity (Wildman–Crippen MR) is 121 cm³/mol. The van der Waals surface area contributed by atoms with Gasteiger partial charge in [0.15, 0.2) is 11.8 Å². The van der Waals surface area contributed by atoms with E-state index in [0.29, 0.717) is 17.4 Å². The van der Waals surface area contributed by atoms with Crippen LogP contribution < -0.4 is 15.7 Å². The van der Waals surface area contributed by atoms with Gasteiger partial charge in [0.25, 0.3) is 0 Å². The van der Waals surface area contributed by atoms with Crippen molar-refractivity contribution in [3.8, 4) is 5.75 Å². The molecule has 1 aromatic heterocycles. The van der Waals surface area contributed by atoms with Crippen LogP contribution in [-0.4, -0.2) is 17.7 Å². The molecule has 1 atom stereocenters. The first-order valence-electron chi connectivity index (χ1n) is 10.1. The molecule has 0 saturated heterocycles. The molecule has 8 heteroatoms. The summed E-state index contributed by atoms with van der Waals surface area (Å²) in [5.41, 5.74) is 0.260. The van der Waals surface area contributed by atoms with E-state index in [1.165, 1.54) is 12.1 Å². The summed E-state index contributed by atoms with van der Waals surface area (Å²) in [4.78, 5) is 37.2. The number of nitrogens with one attached hydrogen (secondary N) is 1. The van der Waals surface area contributed by atoms with Crippen molar-refractivity contribution in [3.63, 3.8) is 0 Å². The summed E-state index contributed by atoms with van der Waals surface area (Å²) < 4.78 is 16.0. The molecule has 0 bridgehead atoms. The maximum Gasteiger partial charge on any atom is 0.408 e. The number of aryl methyl sites for hydroxylation is 1. The van der Waals surface area contributed by atoms with Gasteiger partial charge in [0.2, 0.25) is 0 Å². The highest BCUT2D eigenvalue weighted by Crippen LogP contribution is 2.32. The van der Waals surface area contributed by atoms with Crippen LogP contribution in [0, 0.1) is 0 Å². The number of fused-ring (bicyclic) bond motifs is 1. The van der Waals surface area contributed by atoms with Gasteiger partial charge in [0.1, 0.15) is 11.2 Å². The monoisotopic (exact) mass is 457 g/mol. The second-order valence-electron chi connectivity index (χ2n) is 8.13. The topological polar surface area (TPSA) is 94.8 Å². The Balaban J connectivity index is 1.93. The van der Waals surface area contributed by atoms with Crippen molar-refractivity contribution < 1.29 is 23.5 Å². The minimum atomic E-state index is -1.15. The Kier molecular flexibility index (Phi) is 6.89. The molecular weight excluding hydrogens is 434 g/mol. The molecule has 0 saturated carbocycles. The van der Waals surface area contributed by atoms with Crippen LogP contribution in [0.4, 0.5) is 4.79 Å². The Hall–Kier alpha value is -3.32. The normalized spacial score (nSPS) is 12.3. The number of ether oxygens (including phenoxy) is 2. The Labute approximate surface area is 190 Å². The summed E-state index contributed by atoms with van der Waals surface area (Å²) in [6.45, 7) is 7.06. The number of hydrogen-bond donors (Lipinski definition) is 1. The number of benzene rings is 2. The van der Waals surface area contributed by atoms with Crippen LogP contribution in [0.1, 0.15) is 44.9 Å². The summed E-state index contributed by atoms with van der Waals surface area (Å²) >= 11 is 6.35. The summed E-state index contributed by atoms with van der Waals surface area (Å²) in [7, 11) is 0. The summed E-state index contributed by atoms with van der Waals surface area (Å²) in [6.07, 6.45) is -0.167. The zero-order chi connectivity index (χ0) is 23.5. The van der Waals surface area contributed by atoms with E-state index in [4.69, 9.17) is 25.5 Å². The predicted octanol–water partition coefficient (Wildman–Crippen LogP) is 5.18. The number of halogens is 1. The van der Waals surface area contributed by atoms with Crippen molar-refractivity contribution in [2.45, 2.75) is 45.8 Å². The number of alkyl carbamates (subject to hydrolysis) is 1. The largest absolute Gasteiger partial charge is 0.444 e. The standard InChI is InChI=1S/C24H24ClNO6/c1-5-14-11-20(27)30-18-13-19(17(25)12-16(14)18)31-22(28)21(15-9-7-6-8-10-15)26-23(29)32-24(2,3)4/h6-13,21H,5H2,1-4H3,(H,26,29). The number of amides is 1. The molecule has 0 spiro atoms. The van der Waals surface area contributed by atoms with Crippen LogP contribution in [0.2, 0.25) is 5.02 Å². The van der Waals surface area contributed by atoms with Crippen molar-refractivity contribution in [2.24, 2.45) is 0 Å². The van der Waals surface area contributed by atoms with Gasteiger partial charge in [0.05, 0.1) is 5.02 Å². The van der Waals surface area contributed by atoms with Crippen molar-refractivity contribution in [1.82, 2.24) is 5.32 Å². The molecule has 0 aliphatic carbocycles. The zero-order valence-corrected chi connectivity index (χ0v) is 19.0. The number of carbonyl (C=O) groups is 2. The van der Waals surface area contributed by atoms with Crippen molar-refractivity contribution >= 4 is 34.6 Å². The highest BCUT2D eigenvalue weighted by Gasteiger charge is 2.28. The molecule has 7 nitrogen and oxygen atoms in total. The van der Waals surface area contributed by atoms with Gasteiger partial charge in [-0.2, -0.15) is 0 Å². The van der Waals surface area contributed by atoms with Gasteiger partial charge in [-0.25, -0.2) is 14.4 Å². The van der Waals surface area contributed by atoms with Gasteiger partial charge in [-0.05, 0) is 44.4 Å². The lowest BCUT2D eigenvalue weighted by atomic mass is 10.1. The van der Waals surface area contributed by atoms with Crippen LogP contribution in [0.5, 0.6) is 5.75 Å². The Morgan fingerprint density at radius 3 is 2.44 bits per heavy atom. The lowest BCUT2D eigenvalue weighted by Crippen LogP contribution is -2.39. The molecule has 1 amide bonds. The fourth-order valence-corrected chi connectivity index (χ4v) is 3.32. The molecule has 32 heavy (non-hydrogen) atoms. The second kappa shape index (κ2) is 9.44. The lowest BCUT2D eigenvalue weighted by Gasteiger charge is -2.23. The van der Waals surface area contributed by atoms with Gasteiger partial charge >= 0.3 is 17.7 Å². The van der Waals surface area contributed by atoms with E-state index < -0.39 is 29.3 Å². The summed E-state index contributed by atoms with van der Waals surface area (Å²) in [5, 5.41) is 3.36. The third kappa shape index (κ3) is 5.68. The van der Waals surface area contributed by atoms with Crippen molar-refractivity contribution in [1.29, 1.82) is 0 Å². The van der Waals surface area contributed by atoms with E-state index in [-0.39, 0.29) is 16.4 Å². The average molecular weight is 458 g/mol. The maximum atomic E-state index is 13.0. The van der Waals surface area contributed by atoms with E-state index >= 15 is 0 Å². The zero-order valence-electron chi connectivity index (χ0n) is 18.2. The molecule has 0 fully saturated rings. The van der Waals surface area contributed by atoms with Gasteiger partial charge in [-0.15, -0.1) is 0 Å². The van der Waals surface area contributed by atoms with Gasteiger partial charge in [0, 0.05) is 17.5 Å². The Morgan fingerprint density at radius 2 is 1.81 bits per heavy atom. The summed E-state index contributed by atoms with van der Waals surface area (Å²) in [6, 6.07) is 11.8. The lowest BCUT2D eigenvalue weighted by molar-refractivity contribution is -0.137. The minimum absolute atomic E-state index is 0.00693. The van der Waals surface area contributed by atoms with E-state index in [9.17, 15) is 14.4 Å². The molecule has 3 aromatic rings. The molecule has 1 N–H and O–H groups in total. The molecule has 168 valence electrons. The second-order valence-corrected chi connectivity index (χ2v) is 8.54. The Morgan fingerprint density at radius 1 is 1.12 bits per heavy atom. The van der Waals surface area contributed by atoms with Gasteiger partial charge in [-0.3, -0.25) is 0 Å². The number of hydrogen-bond acceptors (Lipinski definition) is 6. The SMILES string of the molecule is CCc1cc(=O)oc2cc(OC(=O)C(NC(=O)OC(C)(C)C)c3ccccc3)c(Cl)cc12. The molecule has 0 aliphatic heterocycles. The van der Waals surface area contributed by atoms with Gasteiger partial charge in [-0.1, -0.05) is 48.9 Å². The third-order valence-corrected chi connectivity index (χ3v) is 4.80. The molecule has 1 unspecified atom stereocenters. The minimum Gasteiger partial charge on any atom is -0.444 e. The van der Waals surface area contributed by atoms with Crippen LogP contribution in [0.25, 0.3) is 11.0 Å². The van der Waals surface area contributed by atoms with Crippen molar-refractivity contribution in [2.75, 3.05) is 0 Å². The quantitative estimate of drug-likeness (QED) is 0.322. The summed E-state index contributed by atoms with van der Waals surface area (Å²) in [5.74, 6) is -0.773. The van der Waals surface area contributed by atoms with Gasteiger partial charge < -0.3 is 19.2 Å². The molecule has 2 aromatic carbocycles. The molecule has 0 aliphatic rings. The Bertz CT molecular complexity index is 1200. The number of rotatable bonds is 5. The number of carbonyl (C=O) groups excluding carboxylic acids is 2. The van der Waals surface area contributed by atoms with Crippen LogP contribution in [0.15, 0.2) is 57.7 Å². The van der Waals surface area contributed by atoms with Crippen molar-refractivity contribution in [3.05, 3.63) is 75.1 Å². The fourth-order valence-electron chi connectivity index (χ4n) is 3.12. The van der Waals surface area contributed by atoms with Crippen LogP contribution in [0.3, 0.4) is 0 Å². The van der Waals surface area contributed by atoms with E-state index in [0.717, 1.165) is 5.56 Å². The first-order valence-corrected chi connectivity index (χ1v) is 10.5. The molecule has 1 heterocycles. The highest BCUT2D eigenvalue weighted by atomic mass is 35.5.